The van der Waals surface area contributed by atoms with E-state index < -0.39 is 0 Å². The Morgan fingerprint density at radius 3 is 2.88 bits per heavy atom. The van der Waals surface area contributed by atoms with Crippen LogP contribution in [0.4, 0.5) is 0 Å². The van der Waals surface area contributed by atoms with E-state index in [2.05, 4.69) is 59.7 Å². The van der Waals surface area contributed by atoms with Crippen molar-refractivity contribution < 1.29 is 0 Å². The average Bonchev–Trinajstić information content (AvgIpc) is 2.95. The number of hydrogen-bond donors (Lipinski definition) is 1. The lowest BCUT2D eigenvalue weighted by Gasteiger charge is -2.20. The smallest absolute Gasteiger partial charge is 0.149 e. The van der Waals surface area contributed by atoms with Crippen molar-refractivity contribution >= 4 is 24.0 Å². The molecular weight excluding hydrogens is 248 g/mol. The molecule has 4 heteroatoms. The fourth-order valence-corrected chi connectivity index (χ4v) is 3.09. The Hall–Kier alpha value is -0.740. The number of aromatic nitrogens is 2. The molecule has 0 spiro atoms. The van der Waals surface area contributed by atoms with Gasteiger partial charge in [0.15, 0.2) is 0 Å². The predicted octanol–water partition coefficient (Wildman–Crippen LogP) is 3.81. The van der Waals surface area contributed by atoms with Crippen molar-refractivity contribution in [1.82, 2.24) is 9.55 Å². The van der Waals surface area contributed by atoms with Gasteiger partial charge in [-0.15, -0.1) is 11.3 Å². The molecule has 2 nitrogen and oxygen atoms in total. The fraction of sp³-hybridized carbons (Fsp3) is 0.462. The second-order valence-corrected chi connectivity index (χ2v) is 5.88. The van der Waals surface area contributed by atoms with Crippen molar-refractivity contribution in [2.24, 2.45) is 11.8 Å². The normalized spacial score (nSPS) is 13.2. The highest BCUT2D eigenvalue weighted by Crippen LogP contribution is 2.25. The lowest BCUT2D eigenvalue weighted by atomic mass is 9.98. The Morgan fingerprint density at radius 1 is 1.47 bits per heavy atom. The summed E-state index contributed by atoms with van der Waals surface area (Å²) in [7, 11) is 0. The van der Waals surface area contributed by atoms with Crippen LogP contribution in [0.2, 0.25) is 0 Å². The minimum atomic E-state index is 0.589. The fourth-order valence-electron chi connectivity index (χ4n) is 1.82. The van der Waals surface area contributed by atoms with Crippen LogP contribution in [0.5, 0.6) is 0 Å². The van der Waals surface area contributed by atoms with Crippen LogP contribution in [0.3, 0.4) is 0 Å². The van der Waals surface area contributed by atoms with Crippen LogP contribution in [0.1, 0.15) is 13.8 Å². The van der Waals surface area contributed by atoms with Crippen molar-refractivity contribution in [2.75, 3.05) is 5.75 Å². The van der Waals surface area contributed by atoms with E-state index in [1.54, 1.807) is 11.3 Å². The molecule has 0 aliphatic heterocycles. The van der Waals surface area contributed by atoms with Crippen molar-refractivity contribution in [3.63, 3.8) is 0 Å². The second kappa shape index (κ2) is 5.74. The number of hydrogen-bond acceptors (Lipinski definition) is 3. The van der Waals surface area contributed by atoms with Gasteiger partial charge in [-0.05, 0) is 29.0 Å². The van der Waals surface area contributed by atoms with Crippen molar-refractivity contribution in [1.29, 1.82) is 0 Å². The summed E-state index contributed by atoms with van der Waals surface area (Å²) in [6.45, 7) is 5.50. The number of thiol groups is 1. The van der Waals surface area contributed by atoms with E-state index >= 15 is 0 Å². The Labute approximate surface area is 112 Å². The monoisotopic (exact) mass is 266 g/mol. The molecule has 1 unspecified atom stereocenters. The van der Waals surface area contributed by atoms with Gasteiger partial charge in [-0.2, -0.15) is 12.6 Å². The van der Waals surface area contributed by atoms with Gasteiger partial charge in [0.1, 0.15) is 5.82 Å². The molecule has 0 saturated heterocycles. The van der Waals surface area contributed by atoms with Crippen LogP contribution in [0, 0.1) is 11.8 Å². The van der Waals surface area contributed by atoms with Crippen LogP contribution in [-0.4, -0.2) is 15.3 Å². The zero-order chi connectivity index (χ0) is 12.3. The number of rotatable bonds is 5. The molecule has 2 rings (SSSR count). The summed E-state index contributed by atoms with van der Waals surface area (Å²) < 4.78 is 2.24. The quantitative estimate of drug-likeness (QED) is 0.815. The highest BCUT2D eigenvalue weighted by molar-refractivity contribution is 7.80. The largest absolute Gasteiger partial charge is 0.330 e. The van der Waals surface area contributed by atoms with Crippen molar-refractivity contribution in [3.8, 4) is 10.7 Å². The molecule has 2 heterocycles. The summed E-state index contributed by atoms with van der Waals surface area (Å²) in [5, 5.41) is 2.09. The van der Waals surface area contributed by atoms with Gasteiger partial charge in [-0.3, -0.25) is 0 Å². The first-order chi connectivity index (χ1) is 8.22. The minimum Gasteiger partial charge on any atom is -0.330 e. The first kappa shape index (κ1) is 12.7. The summed E-state index contributed by atoms with van der Waals surface area (Å²) in [4.78, 5) is 5.69. The standard InChI is InChI=1S/C13H18N2S2/c1-10(2)11(9-16)8-15-6-5-14-13(15)12-4-3-7-17-12/h3-7,10-11,16H,8-9H2,1-2H3. The van der Waals surface area contributed by atoms with Gasteiger partial charge < -0.3 is 4.57 Å². The third kappa shape index (κ3) is 2.93. The van der Waals surface area contributed by atoms with Gasteiger partial charge in [0.25, 0.3) is 0 Å². The molecule has 1 atom stereocenters. The number of thiophene rings is 1. The molecule has 0 aromatic carbocycles. The maximum absolute atomic E-state index is 4.45. The summed E-state index contributed by atoms with van der Waals surface area (Å²) in [5.74, 6) is 3.23. The molecule has 17 heavy (non-hydrogen) atoms. The Morgan fingerprint density at radius 2 is 2.29 bits per heavy atom. The Kier molecular flexibility index (Phi) is 4.29. The maximum atomic E-state index is 4.45. The van der Waals surface area contributed by atoms with E-state index in [0.29, 0.717) is 11.8 Å². The van der Waals surface area contributed by atoms with E-state index in [4.69, 9.17) is 0 Å². The summed E-state index contributed by atoms with van der Waals surface area (Å²) in [5.41, 5.74) is 0. The van der Waals surface area contributed by atoms with E-state index in [1.807, 2.05) is 6.20 Å². The van der Waals surface area contributed by atoms with Gasteiger partial charge in [-0.25, -0.2) is 4.98 Å². The van der Waals surface area contributed by atoms with Crippen LogP contribution >= 0.6 is 24.0 Å². The molecule has 0 aliphatic rings. The topological polar surface area (TPSA) is 17.8 Å². The lowest BCUT2D eigenvalue weighted by Crippen LogP contribution is -2.18. The van der Waals surface area contributed by atoms with Crippen molar-refractivity contribution in [3.05, 3.63) is 29.9 Å². The van der Waals surface area contributed by atoms with Crippen molar-refractivity contribution in [2.45, 2.75) is 20.4 Å². The van der Waals surface area contributed by atoms with Gasteiger partial charge in [-0.1, -0.05) is 19.9 Å². The van der Waals surface area contributed by atoms with E-state index in [1.165, 1.54) is 4.88 Å². The van der Waals surface area contributed by atoms with E-state index in [-0.39, 0.29) is 0 Å². The molecule has 92 valence electrons. The van der Waals surface area contributed by atoms with Gasteiger partial charge in [0, 0.05) is 18.9 Å². The van der Waals surface area contributed by atoms with Crippen LogP contribution in [0.25, 0.3) is 10.7 Å². The van der Waals surface area contributed by atoms with Gasteiger partial charge in [0.05, 0.1) is 4.88 Å². The van der Waals surface area contributed by atoms with E-state index in [0.717, 1.165) is 18.1 Å². The van der Waals surface area contributed by atoms with E-state index in [9.17, 15) is 0 Å². The summed E-state index contributed by atoms with van der Waals surface area (Å²) in [6, 6.07) is 4.19. The molecular formula is C13H18N2S2. The molecule has 0 aliphatic carbocycles. The molecule has 0 fully saturated rings. The number of nitrogens with zero attached hydrogens (tertiary/aromatic N) is 2. The third-order valence-electron chi connectivity index (χ3n) is 3.07. The molecule has 0 saturated carbocycles. The van der Waals surface area contributed by atoms with Crippen LogP contribution in [-0.2, 0) is 6.54 Å². The third-order valence-corrected chi connectivity index (χ3v) is 4.40. The summed E-state index contributed by atoms with van der Waals surface area (Å²) in [6.07, 6.45) is 3.94. The molecule has 2 aromatic rings. The lowest BCUT2D eigenvalue weighted by molar-refractivity contribution is 0.374. The Bertz CT molecular complexity index is 446. The molecule has 0 bridgehead atoms. The molecule has 2 aromatic heterocycles. The van der Waals surface area contributed by atoms with Crippen LogP contribution < -0.4 is 0 Å². The SMILES string of the molecule is CC(C)C(CS)Cn1ccnc1-c1cccs1. The maximum Gasteiger partial charge on any atom is 0.149 e. The highest BCUT2D eigenvalue weighted by Gasteiger charge is 2.15. The first-order valence-electron chi connectivity index (χ1n) is 5.88. The van der Waals surface area contributed by atoms with Gasteiger partial charge in [0.2, 0.25) is 0 Å². The molecule has 0 radical (unpaired) electrons. The zero-order valence-corrected chi connectivity index (χ0v) is 11.9. The first-order valence-corrected chi connectivity index (χ1v) is 7.39. The predicted molar refractivity (Wildman–Crippen MR) is 77.7 cm³/mol. The highest BCUT2D eigenvalue weighted by atomic mass is 32.1. The average molecular weight is 266 g/mol. The van der Waals surface area contributed by atoms with Crippen LogP contribution in [0.15, 0.2) is 29.9 Å². The van der Waals surface area contributed by atoms with Gasteiger partial charge >= 0.3 is 0 Å². The Balaban J connectivity index is 2.20. The summed E-state index contributed by atoms with van der Waals surface area (Å²) >= 11 is 6.18. The second-order valence-electron chi connectivity index (χ2n) is 4.57. The molecule has 0 N–H and O–H groups in total. The zero-order valence-electron chi connectivity index (χ0n) is 10.2. The minimum absolute atomic E-state index is 0.589. The number of imidazole rings is 1. The molecule has 0 amide bonds.